The zero-order valence-electron chi connectivity index (χ0n) is 10.1. The first kappa shape index (κ1) is 13.6. The number of anilines is 1. The molecule has 1 aromatic rings. The highest BCUT2D eigenvalue weighted by atomic mass is 35.5. The van der Waals surface area contributed by atoms with Gasteiger partial charge in [0, 0.05) is 29.8 Å². The lowest BCUT2D eigenvalue weighted by molar-refractivity contribution is 0.140. The minimum Gasteiger partial charge on any atom is -0.370 e. The van der Waals surface area contributed by atoms with Gasteiger partial charge in [0.2, 0.25) is 0 Å². The zero-order valence-corrected chi connectivity index (χ0v) is 10.8. The van der Waals surface area contributed by atoms with Crippen LogP contribution in [0.3, 0.4) is 0 Å². The molecule has 2 rings (SSSR count). The van der Waals surface area contributed by atoms with Crippen molar-refractivity contribution in [1.29, 1.82) is 0 Å². The van der Waals surface area contributed by atoms with E-state index in [1.54, 1.807) is 0 Å². The van der Waals surface area contributed by atoms with E-state index in [0.717, 1.165) is 31.6 Å². The fourth-order valence-electron chi connectivity index (χ4n) is 2.31. The van der Waals surface area contributed by atoms with E-state index in [-0.39, 0.29) is 12.6 Å². The van der Waals surface area contributed by atoms with Crippen LogP contribution in [0.4, 0.5) is 14.5 Å². The van der Waals surface area contributed by atoms with Crippen molar-refractivity contribution < 1.29 is 8.78 Å². The minimum absolute atomic E-state index is 0.131. The Morgan fingerprint density at radius 2 is 2.28 bits per heavy atom. The molecular formula is C13H17ClF2N2. The monoisotopic (exact) mass is 274 g/mol. The lowest BCUT2D eigenvalue weighted by Gasteiger charge is -2.35. The average molecular weight is 275 g/mol. The van der Waals surface area contributed by atoms with Crippen molar-refractivity contribution in [2.24, 2.45) is 0 Å². The second kappa shape index (κ2) is 6.34. The summed E-state index contributed by atoms with van der Waals surface area (Å²) in [5.41, 5.74) is 1.06. The molecule has 0 saturated carbocycles. The maximum absolute atomic E-state index is 12.2. The molecule has 1 atom stereocenters. The Bertz CT molecular complexity index is 387. The Kier molecular flexibility index (Phi) is 4.78. The molecule has 0 aromatic heterocycles. The van der Waals surface area contributed by atoms with Gasteiger partial charge < -0.3 is 10.2 Å². The number of hydrogen-bond acceptors (Lipinski definition) is 2. The highest BCUT2D eigenvalue weighted by Crippen LogP contribution is 2.23. The summed E-state index contributed by atoms with van der Waals surface area (Å²) in [5.74, 6) is 0. The molecule has 1 fully saturated rings. The van der Waals surface area contributed by atoms with Gasteiger partial charge in [-0.3, -0.25) is 0 Å². The summed E-state index contributed by atoms with van der Waals surface area (Å²) < 4.78 is 24.3. The third kappa shape index (κ3) is 3.82. The maximum atomic E-state index is 12.2. The van der Waals surface area contributed by atoms with Crippen LogP contribution >= 0.6 is 11.6 Å². The number of nitrogens with one attached hydrogen (secondary N) is 1. The van der Waals surface area contributed by atoms with Gasteiger partial charge in [0.1, 0.15) is 0 Å². The molecule has 1 N–H and O–H groups in total. The van der Waals surface area contributed by atoms with E-state index in [0.29, 0.717) is 5.02 Å². The van der Waals surface area contributed by atoms with Crippen molar-refractivity contribution in [3.05, 3.63) is 29.3 Å². The van der Waals surface area contributed by atoms with Crippen LogP contribution in [0.15, 0.2) is 24.3 Å². The molecule has 5 heteroatoms. The first-order valence-corrected chi connectivity index (χ1v) is 6.55. The molecule has 0 radical (unpaired) electrons. The molecule has 0 aliphatic carbocycles. The lowest BCUT2D eigenvalue weighted by atomic mass is 10.0. The molecule has 0 spiro atoms. The van der Waals surface area contributed by atoms with Gasteiger partial charge in [-0.1, -0.05) is 17.7 Å². The fraction of sp³-hybridized carbons (Fsp3) is 0.538. The molecule has 2 nitrogen and oxygen atoms in total. The third-order valence-corrected chi connectivity index (χ3v) is 3.39. The van der Waals surface area contributed by atoms with Crippen molar-refractivity contribution in [3.8, 4) is 0 Å². The van der Waals surface area contributed by atoms with E-state index in [1.807, 2.05) is 24.3 Å². The Morgan fingerprint density at radius 3 is 3.00 bits per heavy atom. The van der Waals surface area contributed by atoms with Crippen molar-refractivity contribution in [3.63, 3.8) is 0 Å². The number of rotatable bonds is 4. The minimum atomic E-state index is -2.29. The Balaban J connectivity index is 1.94. The normalized spacial score (nSPS) is 20.4. The molecule has 0 amide bonds. The largest absolute Gasteiger partial charge is 0.370 e. The molecule has 1 unspecified atom stereocenters. The average Bonchev–Trinajstić information content (AvgIpc) is 2.37. The topological polar surface area (TPSA) is 15.3 Å². The van der Waals surface area contributed by atoms with Crippen LogP contribution in [0.25, 0.3) is 0 Å². The molecule has 100 valence electrons. The van der Waals surface area contributed by atoms with Crippen LogP contribution < -0.4 is 10.2 Å². The van der Waals surface area contributed by atoms with Crippen LogP contribution in [0.5, 0.6) is 0 Å². The predicted octanol–water partition coefficient (Wildman–Crippen LogP) is 3.16. The van der Waals surface area contributed by atoms with Crippen molar-refractivity contribution >= 4 is 17.3 Å². The van der Waals surface area contributed by atoms with Gasteiger partial charge in [-0.2, -0.15) is 0 Å². The number of piperidine rings is 1. The summed E-state index contributed by atoms with van der Waals surface area (Å²) in [7, 11) is 0. The van der Waals surface area contributed by atoms with Gasteiger partial charge in [0.05, 0.1) is 6.54 Å². The van der Waals surface area contributed by atoms with Crippen LogP contribution in [-0.4, -0.2) is 32.1 Å². The Hall–Kier alpha value is -0.870. The third-order valence-electron chi connectivity index (χ3n) is 3.16. The van der Waals surface area contributed by atoms with Gasteiger partial charge in [-0.05, 0) is 31.0 Å². The molecular weight excluding hydrogens is 258 g/mol. The molecule has 1 aliphatic rings. The molecule has 1 saturated heterocycles. The van der Waals surface area contributed by atoms with Crippen molar-refractivity contribution in [2.45, 2.75) is 25.3 Å². The van der Waals surface area contributed by atoms with Crippen LogP contribution in [0.1, 0.15) is 12.8 Å². The number of halogens is 3. The summed E-state index contributed by atoms with van der Waals surface area (Å²) in [4.78, 5) is 2.19. The van der Waals surface area contributed by atoms with Crippen molar-refractivity contribution in [1.82, 2.24) is 5.32 Å². The van der Waals surface area contributed by atoms with E-state index < -0.39 is 6.43 Å². The first-order valence-electron chi connectivity index (χ1n) is 6.17. The van der Waals surface area contributed by atoms with E-state index >= 15 is 0 Å². The van der Waals surface area contributed by atoms with E-state index in [2.05, 4.69) is 10.2 Å². The Morgan fingerprint density at radius 1 is 1.44 bits per heavy atom. The number of hydrogen-bond donors (Lipinski definition) is 1. The first-order chi connectivity index (χ1) is 8.65. The summed E-state index contributed by atoms with van der Waals surface area (Å²) >= 11 is 5.96. The van der Waals surface area contributed by atoms with Gasteiger partial charge in [0.25, 0.3) is 6.43 Å². The standard InChI is InChI=1S/C13H17ClF2N2/c14-10-3-1-5-12(7-10)18-6-2-4-11(9-18)17-8-13(15)16/h1,3,5,7,11,13,17H,2,4,6,8-9H2. The lowest BCUT2D eigenvalue weighted by Crippen LogP contribution is -2.47. The molecule has 1 aromatic carbocycles. The summed E-state index contributed by atoms with van der Waals surface area (Å²) in [6.07, 6.45) is -0.330. The van der Waals surface area contributed by atoms with Crippen LogP contribution in [0.2, 0.25) is 5.02 Å². The molecule has 1 aliphatic heterocycles. The van der Waals surface area contributed by atoms with Crippen LogP contribution in [0, 0.1) is 0 Å². The van der Waals surface area contributed by atoms with E-state index in [9.17, 15) is 8.78 Å². The number of alkyl halides is 2. The van der Waals surface area contributed by atoms with Crippen molar-refractivity contribution in [2.75, 3.05) is 24.5 Å². The van der Waals surface area contributed by atoms with Gasteiger partial charge >= 0.3 is 0 Å². The molecule has 18 heavy (non-hydrogen) atoms. The number of nitrogens with zero attached hydrogens (tertiary/aromatic N) is 1. The molecule has 0 bridgehead atoms. The zero-order chi connectivity index (χ0) is 13.0. The van der Waals surface area contributed by atoms with Crippen LogP contribution in [-0.2, 0) is 0 Å². The Labute approximate surface area is 111 Å². The quantitative estimate of drug-likeness (QED) is 0.907. The highest BCUT2D eigenvalue weighted by Gasteiger charge is 2.20. The second-order valence-electron chi connectivity index (χ2n) is 4.56. The maximum Gasteiger partial charge on any atom is 0.250 e. The van der Waals surface area contributed by atoms with Gasteiger partial charge in [-0.25, -0.2) is 8.78 Å². The summed E-state index contributed by atoms with van der Waals surface area (Å²) in [6.45, 7) is 1.48. The number of benzene rings is 1. The SMILES string of the molecule is FC(F)CNC1CCCN(c2cccc(Cl)c2)C1. The summed E-state index contributed by atoms with van der Waals surface area (Å²) in [5, 5.41) is 3.61. The highest BCUT2D eigenvalue weighted by molar-refractivity contribution is 6.30. The fourth-order valence-corrected chi connectivity index (χ4v) is 2.49. The van der Waals surface area contributed by atoms with Gasteiger partial charge in [0.15, 0.2) is 0 Å². The van der Waals surface area contributed by atoms with Gasteiger partial charge in [-0.15, -0.1) is 0 Å². The smallest absolute Gasteiger partial charge is 0.250 e. The van der Waals surface area contributed by atoms with E-state index in [4.69, 9.17) is 11.6 Å². The second-order valence-corrected chi connectivity index (χ2v) is 5.00. The summed E-state index contributed by atoms with van der Waals surface area (Å²) in [6, 6.07) is 7.79. The van der Waals surface area contributed by atoms with E-state index in [1.165, 1.54) is 0 Å². The molecule has 1 heterocycles. The predicted molar refractivity (Wildman–Crippen MR) is 70.7 cm³/mol.